The first-order chi connectivity index (χ1) is 30.5. The second-order valence-electron chi connectivity index (χ2n) is 14.1. The third-order valence-electron chi connectivity index (χ3n) is 11.0. The van der Waals surface area contributed by atoms with Crippen LogP contribution in [-0.4, -0.2) is 56.9 Å². The molecule has 62 heavy (non-hydrogen) atoms. The smallest absolute Gasteiger partial charge is 0.169 e. The Hall–Kier alpha value is -6.46. The molecule has 0 heterocycles. The Labute approximate surface area is 365 Å². The minimum Gasteiger partial charge on any atom is -0.493 e. The molecule has 0 aliphatic rings. The van der Waals surface area contributed by atoms with Crippen LogP contribution in [0.25, 0.3) is 32.7 Å². The lowest BCUT2D eigenvalue weighted by molar-refractivity contribution is 0.357. The highest BCUT2D eigenvalue weighted by Crippen LogP contribution is 2.51. The standard InChI is InChI=1S/C52H48O8P2/c1-53-37-21-13-25-43(49(37)57-5)61(44-26-14-22-38(54-2)50(44)58-6)41-31-29-33-17-9-11-19-35(33)47(41)48-36-20-12-10-18-34(36)30-32-42(48)62(45-27-15-23-39(55-3)51(45)59-7)46-28-16-24-40(56-4)52(46)60-8/h9-32H,1-8H3. The SMILES string of the molecule is COc1cccc(P(c2cccc(OC)c2OC)c2ccc3ccccc3c2-c2c(P(c3cccc(OC)c3OC)c3cccc(OC)c3OC)ccc3ccccc23)c1OC. The first kappa shape index (κ1) is 42.2. The molecule has 0 spiro atoms. The molecule has 8 aromatic carbocycles. The average Bonchev–Trinajstić information content (AvgIpc) is 3.33. The fourth-order valence-electron chi connectivity index (χ4n) is 8.38. The number of hydrogen-bond acceptors (Lipinski definition) is 8. The van der Waals surface area contributed by atoms with Crippen molar-refractivity contribution in [3.63, 3.8) is 0 Å². The van der Waals surface area contributed by atoms with Crippen LogP contribution in [0.4, 0.5) is 0 Å². The van der Waals surface area contributed by atoms with Gasteiger partial charge in [-0.25, -0.2) is 0 Å². The third kappa shape index (κ3) is 7.38. The van der Waals surface area contributed by atoms with Crippen molar-refractivity contribution in [3.8, 4) is 57.1 Å². The normalized spacial score (nSPS) is 11.2. The van der Waals surface area contributed by atoms with Gasteiger partial charge in [0, 0.05) is 21.2 Å². The van der Waals surface area contributed by atoms with Gasteiger partial charge in [0.25, 0.3) is 0 Å². The Morgan fingerprint density at radius 3 is 0.823 bits per heavy atom. The van der Waals surface area contributed by atoms with Crippen molar-refractivity contribution < 1.29 is 37.9 Å². The molecule has 8 nitrogen and oxygen atoms in total. The number of fused-ring (bicyclic) bond motifs is 2. The van der Waals surface area contributed by atoms with Crippen LogP contribution in [0.2, 0.25) is 0 Å². The summed E-state index contributed by atoms with van der Waals surface area (Å²) >= 11 is 0. The summed E-state index contributed by atoms with van der Waals surface area (Å²) in [6, 6.07) is 50.5. The lowest BCUT2D eigenvalue weighted by Gasteiger charge is -2.31. The minimum atomic E-state index is -1.48. The second-order valence-corrected chi connectivity index (χ2v) is 18.3. The topological polar surface area (TPSA) is 73.8 Å². The van der Waals surface area contributed by atoms with Crippen molar-refractivity contribution in [3.05, 3.63) is 146 Å². The van der Waals surface area contributed by atoms with Crippen LogP contribution in [0.5, 0.6) is 46.0 Å². The summed E-state index contributed by atoms with van der Waals surface area (Å²) < 4.78 is 48.9. The third-order valence-corrected chi connectivity index (χ3v) is 16.1. The number of benzene rings is 8. The Balaban J connectivity index is 1.60. The summed E-state index contributed by atoms with van der Waals surface area (Å²) in [5.74, 6) is 5.11. The van der Waals surface area contributed by atoms with E-state index in [0.717, 1.165) is 64.5 Å². The predicted molar refractivity (Wildman–Crippen MR) is 257 cm³/mol. The summed E-state index contributed by atoms with van der Waals surface area (Å²) in [6.45, 7) is 0. The van der Waals surface area contributed by atoms with Crippen LogP contribution in [-0.2, 0) is 0 Å². The minimum absolute atomic E-state index is 0.631. The van der Waals surface area contributed by atoms with Gasteiger partial charge >= 0.3 is 0 Å². The zero-order valence-electron chi connectivity index (χ0n) is 36.0. The van der Waals surface area contributed by atoms with Crippen LogP contribution < -0.4 is 69.7 Å². The highest BCUT2D eigenvalue weighted by atomic mass is 31.1. The molecule has 0 unspecified atom stereocenters. The molecule has 8 aromatic rings. The fraction of sp³-hybridized carbons (Fsp3) is 0.154. The Morgan fingerprint density at radius 1 is 0.258 bits per heavy atom. The lowest BCUT2D eigenvalue weighted by atomic mass is 9.93. The molecule has 0 N–H and O–H groups in total. The van der Waals surface area contributed by atoms with E-state index in [1.807, 2.05) is 48.5 Å². The van der Waals surface area contributed by atoms with Crippen molar-refractivity contribution in [2.45, 2.75) is 0 Å². The van der Waals surface area contributed by atoms with E-state index in [2.05, 4.69) is 97.1 Å². The summed E-state index contributed by atoms with van der Waals surface area (Å²) in [7, 11) is 10.5. The van der Waals surface area contributed by atoms with Gasteiger partial charge in [-0.05, 0) is 108 Å². The van der Waals surface area contributed by atoms with E-state index in [0.29, 0.717) is 46.0 Å². The van der Waals surface area contributed by atoms with Gasteiger partial charge in [-0.1, -0.05) is 97.1 Å². The number of methoxy groups -OCH3 is 8. The summed E-state index contributed by atoms with van der Waals surface area (Å²) in [5.41, 5.74) is 2.15. The molecule has 0 fully saturated rings. The number of rotatable bonds is 15. The first-order valence-electron chi connectivity index (χ1n) is 19.9. The van der Waals surface area contributed by atoms with E-state index in [4.69, 9.17) is 37.9 Å². The van der Waals surface area contributed by atoms with E-state index in [-0.39, 0.29) is 0 Å². The van der Waals surface area contributed by atoms with Crippen molar-refractivity contribution in [2.24, 2.45) is 0 Å². The van der Waals surface area contributed by atoms with Gasteiger partial charge in [-0.15, -0.1) is 0 Å². The maximum atomic E-state index is 6.27. The predicted octanol–water partition coefficient (Wildman–Crippen LogP) is 9.25. The molecule has 0 radical (unpaired) electrons. The zero-order chi connectivity index (χ0) is 43.3. The maximum absolute atomic E-state index is 6.27. The molecule has 8 rings (SSSR count). The van der Waals surface area contributed by atoms with Gasteiger partial charge in [0.15, 0.2) is 46.0 Å². The van der Waals surface area contributed by atoms with Crippen LogP contribution in [0.15, 0.2) is 146 Å². The summed E-state index contributed by atoms with van der Waals surface area (Å²) in [6.07, 6.45) is 0. The Kier molecular flexibility index (Phi) is 12.7. The Morgan fingerprint density at radius 2 is 0.548 bits per heavy atom. The quantitative estimate of drug-likeness (QED) is 0.0946. The average molecular weight is 863 g/mol. The number of ether oxygens (including phenoxy) is 8. The molecule has 314 valence electrons. The van der Waals surface area contributed by atoms with Crippen molar-refractivity contribution >= 4 is 69.2 Å². The fourth-order valence-corrected chi connectivity index (χ4v) is 13.9. The van der Waals surface area contributed by atoms with Crippen LogP contribution in [0.1, 0.15) is 0 Å². The maximum Gasteiger partial charge on any atom is 0.169 e. The first-order valence-corrected chi connectivity index (χ1v) is 22.6. The van der Waals surface area contributed by atoms with Gasteiger partial charge in [-0.3, -0.25) is 0 Å². The molecule has 0 aromatic heterocycles. The zero-order valence-corrected chi connectivity index (χ0v) is 37.8. The van der Waals surface area contributed by atoms with Crippen molar-refractivity contribution in [2.75, 3.05) is 56.9 Å². The van der Waals surface area contributed by atoms with E-state index in [1.165, 1.54) is 0 Å². The van der Waals surface area contributed by atoms with Crippen molar-refractivity contribution in [1.29, 1.82) is 0 Å². The monoisotopic (exact) mass is 862 g/mol. The number of hydrogen-bond donors (Lipinski definition) is 0. The lowest BCUT2D eigenvalue weighted by Crippen LogP contribution is -2.28. The molecule has 0 aliphatic heterocycles. The molecule has 0 bridgehead atoms. The van der Waals surface area contributed by atoms with E-state index >= 15 is 0 Å². The van der Waals surface area contributed by atoms with Gasteiger partial charge in [0.05, 0.1) is 56.9 Å². The Bertz CT molecular complexity index is 2590. The van der Waals surface area contributed by atoms with Crippen molar-refractivity contribution in [1.82, 2.24) is 0 Å². The van der Waals surface area contributed by atoms with E-state index in [1.54, 1.807) is 56.9 Å². The van der Waals surface area contributed by atoms with Crippen LogP contribution >= 0.6 is 15.8 Å². The van der Waals surface area contributed by atoms with Crippen LogP contribution in [0.3, 0.4) is 0 Å². The van der Waals surface area contributed by atoms with E-state index < -0.39 is 15.8 Å². The summed E-state index contributed by atoms with van der Waals surface area (Å²) in [4.78, 5) is 0. The molecule has 0 amide bonds. The molecular weight excluding hydrogens is 815 g/mol. The highest BCUT2D eigenvalue weighted by molar-refractivity contribution is 7.81. The number of para-hydroxylation sites is 4. The molecule has 0 saturated heterocycles. The van der Waals surface area contributed by atoms with Gasteiger partial charge in [-0.2, -0.15) is 0 Å². The molecule has 0 saturated carbocycles. The van der Waals surface area contributed by atoms with Crippen LogP contribution in [0, 0.1) is 0 Å². The van der Waals surface area contributed by atoms with Gasteiger partial charge < -0.3 is 37.9 Å². The largest absolute Gasteiger partial charge is 0.493 e. The van der Waals surface area contributed by atoms with E-state index in [9.17, 15) is 0 Å². The summed E-state index contributed by atoms with van der Waals surface area (Å²) in [5, 5.41) is 10.4. The highest BCUT2D eigenvalue weighted by Gasteiger charge is 2.34. The molecule has 10 heteroatoms. The van der Waals surface area contributed by atoms with Gasteiger partial charge in [0.1, 0.15) is 0 Å². The molecule has 0 atom stereocenters. The molecular formula is C52H48O8P2. The molecule has 0 aliphatic carbocycles. The second kappa shape index (κ2) is 18.7. The van der Waals surface area contributed by atoms with Gasteiger partial charge in [0.2, 0.25) is 0 Å².